The Bertz CT molecular complexity index is 1230. The number of imidazole rings is 1. The molecule has 2 heterocycles. The number of sulfonamides is 1. The number of hydrogen-bond acceptors (Lipinski definition) is 7. The van der Waals surface area contributed by atoms with Crippen molar-refractivity contribution in [1.82, 2.24) is 19.5 Å². The molecule has 2 fully saturated rings. The van der Waals surface area contributed by atoms with Gasteiger partial charge >= 0.3 is 0 Å². The first-order valence-electron chi connectivity index (χ1n) is 11.4. The molecule has 176 valence electrons. The van der Waals surface area contributed by atoms with Crippen LogP contribution in [0.25, 0.3) is 11.2 Å². The van der Waals surface area contributed by atoms with E-state index in [0.29, 0.717) is 23.2 Å². The number of hydrogen-bond donors (Lipinski definition) is 3. The molecule has 0 spiro atoms. The minimum absolute atomic E-state index is 0.156. The van der Waals surface area contributed by atoms with Gasteiger partial charge < -0.3 is 15.6 Å². The van der Waals surface area contributed by atoms with Gasteiger partial charge in [0.05, 0.1) is 11.2 Å². The quantitative estimate of drug-likeness (QED) is 0.433. The molecule has 4 N–H and O–H groups in total. The highest BCUT2D eigenvalue weighted by Crippen LogP contribution is 2.34. The lowest BCUT2D eigenvalue weighted by molar-refractivity contribution is 0.410. The van der Waals surface area contributed by atoms with Gasteiger partial charge in [0.1, 0.15) is 0 Å². The lowest BCUT2D eigenvalue weighted by Crippen LogP contribution is -2.33. The molecule has 0 aliphatic heterocycles. The van der Waals surface area contributed by atoms with Gasteiger partial charge in [-0.05, 0) is 62.8 Å². The maximum absolute atomic E-state index is 13.1. The second kappa shape index (κ2) is 9.19. The highest BCUT2D eigenvalue weighted by atomic mass is 79.9. The number of rotatable bonds is 6. The average Bonchev–Trinajstić information content (AvgIpc) is 3.45. The first-order valence-corrected chi connectivity index (χ1v) is 13.7. The van der Waals surface area contributed by atoms with Gasteiger partial charge in [-0.3, -0.25) is 4.72 Å². The molecule has 11 heteroatoms. The lowest BCUT2D eigenvalue weighted by Gasteiger charge is -2.27. The fraction of sp³-hybridized carbons (Fsp3) is 0.500. The number of benzene rings is 1. The third-order valence-electron chi connectivity index (χ3n) is 6.60. The van der Waals surface area contributed by atoms with Gasteiger partial charge in [0.15, 0.2) is 17.0 Å². The predicted molar refractivity (Wildman–Crippen MR) is 132 cm³/mol. The SMILES string of the molecule is N[C@H]1CC[C@H](Nc2nc(NS(=O)(=O)c3ccc(Br)cc3)c3ncn(C4CCCC4)c3n2)CC1. The highest BCUT2D eigenvalue weighted by Gasteiger charge is 2.25. The number of halogens is 1. The fourth-order valence-electron chi connectivity index (χ4n) is 4.75. The van der Waals surface area contributed by atoms with Crippen LogP contribution in [0.1, 0.15) is 57.4 Å². The molecule has 0 saturated heterocycles. The molecule has 2 aliphatic rings. The Labute approximate surface area is 201 Å². The second-order valence-electron chi connectivity index (χ2n) is 8.97. The van der Waals surface area contributed by atoms with Gasteiger partial charge in [-0.25, -0.2) is 13.4 Å². The molecule has 1 aromatic carbocycles. The summed E-state index contributed by atoms with van der Waals surface area (Å²) >= 11 is 3.34. The monoisotopic (exact) mass is 533 g/mol. The number of fused-ring (bicyclic) bond motifs is 1. The summed E-state index contributed by atoms with van der Waals surface area (Å²) in [6.07, 6.45) is 10.0. The zero-order chi connectivity index (χ0) is 23.0. The molecule has 0 unspecified atom stereocenters. The molecular formula is C22H28BrN7O2S. The summed E-state index contributed by atoms with van der Waals surface area (Å²) in [6, 6.07) is 7.25. The largest absolute Gasteiger partial charge is 0.351 e. The first kappa shape index (κ1) is 22.5. The van der Waals surface area contributed by atoms with Gasteiger partial charge in [0.25, 0.3) is 10.0 Å². The summed E-state index contributed by atoms with van der Waals surface area (Å²) in [5, 5.41) is 3.41. The van der Waals surface area contributed by atoms with E-state index in [-0.39, 0.29) is 22.8 Å². The van der Waals surface area contributed by atoms with E-state index >= 15 is 0 Å². The van der Waals surface area contributed by atoms with Crippen LogP contribution >= 0.6 is 15.9 Å². The van der Waals surface area contributed by atoms with Crippen LogP contribution in [0.3, 0.4) is 0 Å². The van der Waals surface area contributed by atoms with Crippen molar-refractivity contribution in [2.75, 3.05) is 10.0 Å². The standard InChI is InChI=1S/C22H28BrN7O2S/c23-14-5-11-18(12-6-14)33(31,32)29-20-19-21(30(13-25-19)17-3-1-2-4-17)28-22(27-20)26-16-9-7-15(24)8-10-16/h5-6,11-13,15-17H,1-4,7-10,24H2,(H2,26,27,28,29)/t15-,16-. The second-order valence-corrected chi connectivity index (χ2v) is 11.6. The third kappa shape index (κ3) is 4.85. The number of anilines is 2. The van der Waals surface area contributed by atoms with Crippen molar-refractivity contribution in [2.45, 2.75) is 74.4 Å². The number of nitrogens with zero attached hydrogens (tertiary/aromatic N) is 4. The van der Waals surface area contributed by atoms with Crippen LogP contribution in [0, 0.1) is 0 Å². The Morgan fingerprint density at radius 3 is 2.39 bits per heavy atom. The number of aromatic nitrogens is 4. The van der Waals surface area contributed by atoms with E-state index in [4.69, 9.17) is 10.7 Å². The molecule has 2 aliphatic carbocycles. The van der Waals surface area contributed by atoms with E-state index in [1.54, 1.807) is 30.6 Å². The van der Waals surface area contributed by atoms with Gasteiger partial charge in [-0.15, -0.1) is 0 Å². The Morgan fingerprint density at radius 2 is 1.70 bits per heavy atom. The highest BCUT2D eigenvalue weighted by molar-refractivity contribution is 9.10. The summed E-state index contributed by atoms with van der Waals surface area (Å²) in [5.74, 6) is 0.603. The summed E-state index contributed by atoms with van der Waals surface area (Å²) in [7, 11) is -3.84. The van der Waals surface area contributed by atoms with Gasteiger partial charge in [0, 0.05) is 22.6 Å². The Kier molecular flexibility index (Phi) is 6.28. The third-order valence-corrected chi connectivity index (χ3v) is 8.48. The maximum atomic E-state index is 13.1. The molecule has 0 bridgehead atoms. The van der Waals surface area contributed by atoms with Crippen molar-refractivity contribution in [3.8, 4) is 0 Å². The van der Waals surface area contributed by atoms with Crippen molar-refractivity contribution in [1.29, 1.82) is 0 Å². The van der Waals surface area contributed by atoms with Crippen molar-refractivity contribution >= 4 is 48.9 Å². The minimum atomic E-state index is -3.84. The summed E-state index contributed by atoms with van der Waals surface area (Å²) in [4.78, 5) is 14.0. The Hall–Kier alpha value is -2.24. The van der Waals surface area contributed by atoms with E-state index in [1.165, 1.54) is 12.8 Å². The van der Waals surface area contributed by atoms with Crippen LogP contribution in [-0.2, 0) is 10.0 Å². The van der Waals surface area contributed by atoms with E-state index in [9.17, 15) is 8.42 Å². The molecule has 9 nitrogen and oxygen atoms in total. The predicted octanol–water partition coefficient (Wildman–Crippen LogP) is 4.19. The zero-order valence-electron chi connectivity index (χ0n) is 18.2. The maximum Gasteiger partial charge on any atom is 0.263 e. The Balaban J connectivity index is 1.52. The molecular weight excluding hydrogens is 506 g/mol. The zero-order valence-corrected chi connectivity index (χ0v) is 20.6. The van der Waals surface area contributed by atoms with E-state index < -0.39 is 10.0 Å². The number of nitrogens with two attached hydrogens (primary N) is 1. The first-order chi connectivity index (χ1) is 15.9. The molecule has 0 amide bonds. The lowest BCUT2D eigenvalue weighted by atomic mass is 9.92. The van der Waals surface area contributed by atoms with E-state index in [2.05, 4.69) is 40.5 Å². The van der Waals surface area contributed by atoms with Crippen LogP contribution in [0.5, 0.6) is 0 Å². The molecule has 5 rings (SSSR count). The van der Waals surface area contributed by atoms with Crippen LogP contribution in [-0.4, -0.2) is 40.0 Å². The van der Waals surface area contributed by atoms with Gasteiger partial charge in [-0.2, -0.15) is 9.97 Å². The number of nitrogens with one attached hydrogen (secondary N) is 2. The minimum Gasteiger partial charge on any atom is -0.351 e. The van der Waals surface area contributed by atoms with Crippen molar-refractivity contribution in [3.05, 3.63) is 35.1 Å². The molecule has 0 radical (unpaired) electrons. The van der Waals surface area contributed by atoms with Crippen LogP contribution in [0.15, 0.2) is 40.0 Å². The van der Waals surface area contributed by atoms with Gasteiger partial charge in [-0.1, -0.05) is 28.8 Å². The van der Waals surface area contributed by atoms with Crippen LogP contribution in [0.4, 0.5) is 11.8 Å². The van der Waals surface area contributed by atoms with Crippen molar-refractivity contribution in [3.63, 3.8) is 0 Å². The average molecular weight is 534 g/mol. The summed E-state index contributed by atoms with van der Waals surface area (Å²) in [5.41, 5.74) is 7.16. The van der Waals surface area contributed by atoms with Crippen LogP contribution in [0.2, 0.25) is 0 Å². The Morgan fingerprint density at radius 1 is 1.00 bits per heavy atom. The van der Waals surface area contributed by atoms with Gasteiger partial charge in [0.2, 0.25) is 5.95 Å². The van der Waals surface area contributed by atoms with E-state index in [1.807, 2.05) is 0 Å². The topological polar surface area (TPSA) is 128 Å². The molecule has 2 aromatic heterocycles. The fourth-order valence-corrected chi connectivity index (χ4v) is 6.02. The molecule has 33 heavy (non-hydrogen) atoms. The summed E-state index contributed by atoms with van der Waals surface area (Å²) < 4.78 is 31.7. The van der Waals surface area contributed by atoms with Crippen LogP contribution < -0.4 is 15.8 Å². The smallest absolute Gasteiger partial charge is 0.263 e. The molecule has 3 aromatic rings. The van der Waals surface area contributed by atoms with Crippen molar-refractivity contribution < 1.29 is 8.42 Å². The van der Waals surface area contributed by atoms with E-state index in [0.717, 1.165) is 43.0 Å². The van der Waals surface area contributed by atoms with Crippen molar-refractivity contribution in [2.24, 2.45) is 5.73 Å². The molecule has 2 saturated carbocycles. The molecule has 0 atom stereocenters. The summed E-state index contributed by atoms with van der Waals surface area (Å²) in [6.45, 7) is 0. The normalized spacial score (nSPS) is 22.0.